The van der Waals surface area contributed by atoms with E-state index in [-0.39, 0.29) is 27.6 Å². The molecule has 192 valence electrons. The number of ether oxygens (including phenoxy) is 2. The second-order valence-corrected chi connectivity index (χ2v) is 9.16. The van der Waals surface area contributed by atoms with Crippen molar-refractivity contribution in [3.05, 3.63) is 80.4 Å². The van der Waals surface area contributed by atoms with E-state index in [9.17, 15) is 25.3 Å². The number of pyridine rings is 1. The van der Waals surface area contributed by atoms with E-state index in [1.165, 1.54) is 12.5 Å². The lowest BCUT2D eigenvalue weighted by atomic mass is 10.0. The summed E-state index contributed by atoms with van der Waals surface area (Å²) in [5, 5.41) is 32.1. The maximum atomic E-state index is 11.6. The van der Waals surface area contributed by atoms with Gasteiger partial charge in [-0.05, 0) is 24.3 Å². The Bertz CT molecular complexity index is 1490. The molecule has 0 unspecified atom stereocenters. The number of rotatable bonds is 8. The van der Waals surface area contributed by atoms with Crippen LogP contribution in [0.3, 0.4) is 0 Å². The van der Waals surface area contributed by atoms with Crippen LogP contribution in [0.4, 0.5) is 11.4 Å². The summed E-state index contributed by atoms with van der Waals surface area (Å²) in [4.78, 5) is 29.0. The number of thiophene rings is 1. The highest BCUT2D eigenvalue weighted by atomic mass is 32.1. The molecular weight excluding hydrogens is 512 g/mol. The van der Waals surface area contributed by atoms with Gasteiger partial charge in [-0.3, -0.25) is 10.1 Å². The number of morpholine rings is 1. The molecule has 38 heavy (non-hydrogen) atoms. The SMILES string of the molecule is N#Cc1c(-c2ccoc2)cc(-c2ccc(N3CCOCC3)cc2)nc1OCc1c([N+](=O)[O-])csc1C(=O)O. The van der Waals surface area contributed by atoms with Crippen molar-refractivity contribution in [2.45, 2.75) is 6.61 Å². The first-order chi connectivity index (χ1) is 18.5. The van der Waals surface area contributed by atoms with Crippen molar-refractivity contribution in [3.8, 4) is 34.3 Å². The second-order valence-electron chi connectivity index (χ2n) is 8.28. The molecule has 1 aliphatic heterocycles. The van der Waals surface area contributed by atoms with Crippen molar-refractivity contribution >= 4 is 28.7 Å². The van der Waals surface area contributed by atoms with Gasteiger partial charge in [-0.2, -0.15) is 5.26 Å². The Morgan fingerprint density at radius 2 is 2.00 bits per heavy atom. The fourth-order valence-electron chi connectivity index (χ4n) is 4.18. The summed E-state index contributed by atoms with van der Waals surface area (Å²) in [6.45, 7) is 2.47. The number of furan rings is 1. The zero-order valence-corrected chi connectivity index (χ0v) is 20.6. The molecule has 0 aliphatic carbocycles. The minimum atomic E-state index is -1.30. The van der Waals surface area contributed by atoms with Gasteiger partial charge in [-0.1, -0.05) is 12.1 Å². The number of aromatic nitrogens is 1. The molecule has 5 rings (SSSR count). The third-order valence-corrected chi connectivity index (χ3v) is 7.08. The Kier molecular flexibility index (Phi) is 7.03. The Morgan fingerprint density at radius 3 is 2.63 bits per heavy atom. The van der Waals surface area contributed by atoms with Crippen molar-refractivity contribution in [1.29, 1.82) is 5.26 Å². The maximum absolute atomic E-state index is 11.6. The van der Waals surface area contributed by atoms with E-state index in [1.54, 1.807) is 12.1 Å². The summed E-state index contributed by atoms with van der Waals surface area (Å²) in [6, 6.07) is 13.3. The van der Waals surface area contributed by atoms with Crippen LogP contribution in [0.15, 0.2) is 58.7 Å². The van der Waals surface area contributed by atoms with Crippen LogP contribution in [-0.2, 0) is 11.3 Å². The third kappa shape index (κ3) is 4.93. The molecule has 0 radical (unpaired) electrons. The molecule has 11 nitrogen and oxygen atoms in total. The summed E-state index contributed by atoms with van der Waals surface area (Å²) in [5.41, 5.74) is 3.05. The van der Waals surface area contributed by atoms with Gasteiger partial charge in [0.25, 0.3) is 5.69 Å². The molecule has 4 heterocycles. The number of nitro groups is 1. The van der Waals surface area contributed by atoms with Crippen LogP contribution >= 0.6 is 11.3 Å². The van der Waals surface area contributed by atoms with Gasteiger partial charge in [-0.15, -0.1) is 11.3 Å². The molecule has 4 aromatic rings. The Hall–Kier alpha value is -4.73. The smallest absolute Gasteiger partial charge is 0.346 e. The number of nitrogens with zero attached hydrogens (tertiary/aromatic N) is 4. The molecule has 0 bridgehead atoms. The molecule has 12 heteroatoms. The first kappa shape index (κ1) is 24.9. The number of carbonyl (C=O) groups is 1. The molecule has 1 aliphatic rings. The summed E-state index contributed by atoms with van der Waals surface area (Å²) in [5.74, 6) is -1.38. The highest BCUT2D eigenvalue weighted by Gasteiger charge is 2.26. The van der Waals surface area contributed by atoms with E-state index in [0.717, 1.165) is 41.1 Å². The summed E-state index contributed by atoms with van der Waals surface area (Å²) < 4.78 is 16.5. The average Bonchev–Trinajstić information content (AvgIpc) is 3.63. The Morgan fingerprint density at radius 1 is 1.24 bits per heavy atom. The van der Waals surface area contributed by atoms with Gasteiger partial charge in [0.15, 0.2) is 0 Å². The Balaban J connectivity index is 1.54. The quantitative estimate of drug-likeness (QED) is 0.243. The zero-order valence-electron chi connectivity index (χ0n) is 19.8. The first-order valence-corrected chi connectivity index (χ1v) is 12.4. The normalized spacial score (nSPS) is 13.2. The molecule has 1 N–H and O–H groups in total. The number of carboxylic acid groups (broad SMARTS) is 1. The minimum Gasteiger partial charge on any atom is -0.477 e. The monoisotopic (exact) mass is 532 g/mol. The third-order valence-electron chi connectivity index (χ3n) is 6.09. The van der Waals surface area contributed by atoms with Gasteiger partial charge in [0.1, 0.15) is 23.1 Å². The van der Waals surface area contributed by atoms with Gasteiger partial charge < -0.3 is 23.9 Å². The molecule has 3 aromatic heterocycles. The highest BCUT2D eigenvalue weighted by molar-refractivity contribution is 7.12. The number of benzene rings is 1. The fourth-order valence-corrected chi connectivity index (χ4v) is 5.04. The topological polar surface area (TPSA) is 152 Å². The molecule has 0 atom stereocenters. The van der Waals surface area contributed by atoms with E-state index < -0.39 is 17.5 Å². The van der Waals surface area contributed by atoms with Crippen molar-refractivity contribution in [1.82, 2.24) is 4.98 Å². The Labute approximate surface area is 220 Å². The van der Waals surface area contributed by atoms with Gasteiger partial charge in [-0.25, -0.2) is 9.78 Å². The minimum absolute atomic E-state index is 0.0738. The van der Waals surface area contributed by atoms with Gasteiger partial charge in [0, 0.05) is 35.5 Å². The van der Waals surface area contributed by atoms with Crippen molar-refractivity contribution in [3.63, 3.8) is 0 Å². The van der Waals surface area contributed by atoms with Crippen molar-refractivity contribution in [2.24, 2.45) is 0 Å². The predicted octanol–water partition coefficient (Wildman–Crippen LogP) is 4.96. The molecule has 0 spiro atoms. The number of hydrogen-bond donors (Lipinski definition) is 1. The summed E-state index contributed by atoms with van der Waals surface area (Å²) >= 11 is 0.741. The van der Waals surface area contributed by atoms with Gasteiger partial charge in [0.2, 0.25) is 5.88 Å². The highest BCUT2D eigenvalue weighted by Crippen LogP contribution is 2.36. The lowest BCUT2D eigenvalue weighted by molar-refractivity contribution is -0.385. The molecule has 0 amide bonds. The number of carboxylic acids is 1. The largest absolute Gasteiger partial charge is 0.477 e. The molecule has 1 fully saturated rings. The van der Waals surface area contributed by atoms with Crippen LogP contribution in [0, 0.1) is 21.4 Å². The van der Waals surface area contributed by atoms with Crippen molar-refractivity contribution in [2.75, 3.05) is 31.2 Å². The van der Waals surface area contributed by atoms with E-state index in [1.807, 2.05) is 24.3 Å². The molecular formula is C26H20N4O7S. The standard InChI is InChI=1S/C26H20N4O7S/c27-12-20-19(17-5-8-36-13-17)11-22(16-1-3-18(4-2-16)29-6-9-35-10-7-29)28-25(20)37-14-21-23(30(33)34)15-38-24(21)26(31)32/h1-5,8,11,13,15H,6-7,9-10,14H2,(H,31,32). The maximum Gasteiger partial charge on any atom is 0.346 e. The van der Waals surface area contributed by atoms with E-state index >= 15 is 0 Å². The molecule has 0 saturated carbocycles. The first-order valence-electron chi connectivity index (χ1n) is 11.5. The predicted molar refractivity (Wildman–Crippen MR) is 137 cm³/mol. The van der Waals surface area contributed by atoms with Crippen molar-refractivity contribution < 1.29 is 28.7 Å². The van der Waals surface area contributed by atoms with Crippen LogP contribution in [0.25, 0.3) is 22.4 Å². The summed E-state index contributed by atoms with van der Waals surface area (Å²) in [7, 11) is 0. The van der Waals surface area contributed by atoms with E-state index in [4.69, 9.17) is 13.9 Å². The van der Waals surface area contributed by atoms with E-state index in [0.29, 0.717) is 30.0 Å². The van der Waals surface area contributed by atoms with Crippen LogP contribution in [0.5, 0.6) is 5.88 Å². The average molecular weight is 533 g/mol. The van der Waals surface area contributed by atoms with Gasteiger partial charge >= 0.3 is 5.97 Å². The number of hydrogen-bond acceptors (Lipinski definition) is 10. The number of nitriles is 1. The molecule has 1 saturated heterocycles. The van der Waals surface area contributed by atoms with Crippen LogP contribution < -0.4 is 9.64 Å². The number of aromatic carboxylic acids is 1. The fraction of sp³-hybridized carbons (Fsp3) is 0.192. The second kappa shape index (κ2) is 10.7. The summed E-state index contributed by atoms with van der Waals surface area (Å²) in [6.07, 6.45) is 2.96. The number of anilines is 1. The van der Waals surface area contributed by atoms with Crippen LogP contribution in [0.2, 0.25) is 0 Å². The van der Waals surface area contributed by atoms with Crippen LogP contribution in [0.1, 0.15) is 20.8 Å². The lowest BCUT2D eigenvalue weighted by Gasteiger charge is -2.28. The lowest BCUT2D eigenvalue weighted by Crippen LogP contribution is -2.36. The van der Waals surface area contributed by atoms with Crippen LogP contribution in [-0.4, -0.2) is 47.3 Å². The zero-order chi connectivity index (χ0) is 26.6. The molecule has 1 aromatic carbocycles. The van der Waals surface area contributed by atoms with E-state index in [2.05, 4.69) is 16.0 Å². The van der Waals surface area contributed by atoms with Gasteiger partial charge in [0.05, 0.1) is 47.3 Å².